The van der Waals surface area contributed by atoms with Gasteiger partial charge in [0.1, 0.15) is 0 Å². The van der Waals surface area contributed by atoms with Gasteiger partial charge in [-0.05, 0) is 24.1 Å². The minimum atomic E-state index is -0.242. The largest absolute Gasteiger partial charge is 0.328 e. The lowest BCUT2D eigenvalue weighted by Crippen LogP contribution is -2.08. The molecule has 0 saturated heterocycles. The molecular formula is C12H8N2O2. The maximum Gasteiger partial charge on any atom is 0.263 e. The summed E-state index contributed by atoms with van der Waals surface area (Å²) in [5.74, 6) is 5.41. The van der Waals surface area contributed by atoms with Crippen LogP contribution < -0.4 is 11.1 Å². The Hall–Kier alpha value is -2.54. The van der Waals surface area contributed by atoms with E-state index in [2.05, 4.69) is 21.8 Å². The van der Waals surface area contributed by atoms with E-state index in [1.165, 1.54) is 12.3 Å². The highest BCUT2D eigenvalue weighted by Crippen LogP contribution is 1.89. The summed E-state index contributed by atoms with van der Waals surface area (Å²) < 4.78 is 0. The van der Waals surface area contributed by atoms with Crippen molar-refractivity contribution in [2.75, 3.05) is 0 Å². The number of nitrogens with one attached hydrogen (secondary N) is 2. The van der Waals surface area contributed by atoms with Crippen molar-refractivity contribution >= 4 is 0 Å². The van der Waals surface area contributed by atoms with Crippen LogP contribution in [0.25, 0.3) is 0 Å². The molecule has 2 aromatic rings. The van der Waals surface area contributed by atoms with Crippen LogP contribution in [0.3, 0.4) is 0 Å². The van der Waals surface area contributed by atoms with Crippen LogP contribution in [0.5, 0.6) is 0 Å². The van der Waals surface area contributed by atoms with Gasteiger partial charge in [-0.1, -0.05) is 12.0 Å². The monoisotopic (exact) mass is 212 g/mol. The van der Waals surface area contributed by atoms with Crippen LogP contribution in [0.2, 0.25) is 0 Å². The molecule has 0 radical (unpaired) electrons. The molecule has 0 aliphatic carbocycles. The van der Waals surface area contributed by atoms with Gasteiger partial charge in [0.05, 0.1) is 11.3 Å². The number of pyridine rings is 2. The highest BCUT2D eigenvalue weighted by Gasteiger charge is 1.91. The second kappa shape index (κ2) is 4.32. The Bertz CT molecular complexity index is 671. The lowest BCUT2D eigenvalue weighted by Gasteiger charge is -1.88. The molecule has 2 heterocycles. The normalized spacial score (nSPS) is 9.25. The second-order valence-corrected chi connectivity index (χ2v) is 3.09. The third kappa shape index (κ3) is 2.28. The van der Waals surface area contributed by atoms with Gasteiger partial charge in [0.2, 0.25) is 5.56 Å². The molecule has 0 aliphatic rings. The number of aromatic amines is 2. The van der Waals surface area contributed by atoms with Gasteiger partial charge in [-0.2, -0.15) is 0 Å². The lowest BCUT2D eigenvalue weighted by molar-refractivity contribution is 1.20. The Morgan fingerprint density at radius 3 is 2.62 bits per heavy atom. The first-order chi connectivity index (χ1) is 7.75. The predicted molar refractivity (Wildman–Crippen MR) is 60.1 cm³/mol. The Labute approximate surface area is 91.0 Å². The molecule has 2 aromatic heterocycles. The molecule has 0 atom stereocenters. The van der Waals surface area contributed by atoms with Crippen molar-refractivity contribution < 1.29 is 0 Å². The SMILES string of the molecule is O=c1cccc(C#Cc2ccc[nH]c2=O)[nH]1. The molecular weight excluding hydrogens is 204 g/mol. The van der Waals surface area contributed by atoms with Crippen LogP contribution >= 0.6 is 0 Å². The highest BCUT2D eigenvalue weighted by molar-refractivity contribution is 5.38. The maximum absolute atomic E-state index is 11.3. The standard InChI is InChI=1S/C12H8N2O2/c15-11-5-1-4-10(14-11)7-6-9-3-2-8-13-12(9)16/h1-5,8H,(H,13,16)(H,14,15). The molecule has 0 spiro atoms. The molecule has 0 aliphatic heterocycles. The molecule has 78 valence electrons. The zero-order valence-corrected chi connectivity index (χ0v) is 8.28. The first-order valence-electron chi connectivity index (χ1n) is 4.65. The number of hydrogen-bond donors (Lipinski definition) is 2. The minimum absolute atomic E-state index is 0.214. The van der Waals surface area contributed by atoms with Gasteiger partial charge in [-0.3, -0.25) is 9.59 Å². The average molecular weight is 212 g/mol. The number of aromatic nitrogens is 2. The minimum Gasteiger partial charge on any atom is -0.328 e. The van der Waals surface area contributed by atoms with Crippen molar-refractivity contribution in [3.05, 3.63) is 68.5 Å². The van der Waals surface area contributed by atoms with E-state index in [-0.39, 0.29) is 11.1 Å². The Morgan fingerprint density at radius 1 is 1.00 bits per heavy atom. The van der Waals surface area contributed by atoms with Gasteiger partial charge < -0.3 is 9.97 Å². The predicted octanol–water partition coefficient (Wildman–Crippen LogP) is 0.463. The van der Waals surface area contributed by atoms with Gasteiger partial charge in [-0.25, -0.2) is 0 Å². The van der Waals surface area contributed by atoms with Gasteiger partial charge in [0.15, 0.2) is 0 Å². The third-order valence-corrected chi connectivity index (χ3v) is 1.92. The van der Waals surface area contributed by atoms with Crippen molar-refractivity contribution in [3.63, 3.8) is 0 Å². The van der Waals surface area contributed by atoms with Gasteiger partial charge in [-0.15, -0.1) is 0 Å². The second-order valence-electron chi connectivity index (χ2n) is 3.09. The fourth-order valence-electron chi connectivity index (χ4n) is 1.18. The zero-order valence-electron chi connectivity index (χ0n) is 8.28. The van der Waals surface area contributed by atoms with Crippen molar-refractivity contribution in [3.8, 4) is 11.8 Å². The first-order valence-corrected chi connectivity index (χ1v) is 4.65. The van der Waals surface area contributed by atoms with Gasteiger partial charge in [0.25, 0.3) is 5.56 Å². The Morgan fingerprint density at radius 2 is 1.88 bits per heavy atom. The van der Waals surface area contributed by atoms with Crippen molar-refractivity contribution in [2.24, 2.45) is 0 Å². The highest BCUT2D eigenvalue weighted by atomic mass is 16.1. The molecule has 0 aromatic carbocycles. The van der Waals surface area contributed by atoms with E-state index in [0.717, 1.165) is 0 Å². The summed E-state index contributed by atoms with van der Waals surface area (Å²) in [6.45, 7) is 0. The quantitative estimate of drug-likeness (QED) is 0.623. The summed E-state index contributed by atoms with van der Waals surface area (Å²) in [6, 6.07) is 8.00. The molecule has 4 nitrogen and oxygen atoms in total. The molecule has 0 saturated carbocycles. The topological polar surface area (TPSA) is 65.7 Å². The zero-order chi connectivity index (χ0) is 11.4. The summed E-state index contributed by atoms with van der Waals surface area (Å²) in [4.78, 5) is 27.3. The summed E-state index contributed by atoms with van der Waals surface area (Å²) >= 11 is 0. The third-order valence-electron chi connectivity index (χ3n) is 1.92. The van der Waals surface area contributed by atoms with Crippen molar-refractivity contribution in [1.82, 2.24) is 9.97 Å². The van der Waals surface area contributed by atoms with E-state index in [9.17, 15) is 9.59 Å². The van der Waals surface area contributed by atoms with Gasteiger partial charge in [0, 0.05) is 12.3 Å². The van der Waals surface area contributed by atoms with Crippen LogP contribution in [0.15, 0.2) is 46.1 Å². The average Bonchev–Trinajstić information content (AvgIpc) is 2.28. The van der Waals surface area contributed by atoms with E-state index in [4.69, 9.17) is 0 Å². The molecule has 0 fully saturated rings. The van der Waals surface area contributed by atoms with Gasteiger partial charge >= 0.3 is 0 Å². The van der Waals surface area contributed by atoms with Crippen LogP contribution in [0.1, 0.15) is 11.3 Å². The van der Waals surface area contributed by atoms with E-state index in [1.807, 2.05) is 0 Å². The van der Waals surface area contributed by atoms with E-state index in [1.54, 1.807) is 24.3 Å². The molecule has 0 bridgehead atoms. The van der Waals surface area contributed by atoms with Crippen LogP contribution in [0, 0.1) is 11.8 Å². The number of hydrogen-bond acceptors (Lipinski definition) is 2. The molecule has 0 amide bonds. The summed E-state index contributed by atoms with van der Waals surface area (Å²) in [5, 5.41) is 0. The molecule has 2 rings (SSSR count). The van der Waals surface area contributed by atoms with Crippen LogP contribution in [-0.4, -0.2) is 9.97 Å². The van der Waals surface area contributed by atoms with Crippen molar-refractivity contribution in [2.45, 2.75) is 0 Å². The Balaban J connectivity index is 2.40. The van der Waals surface area contributed by atoms with Crippen LogP contribution in [-0.2, 0) is 0 Å². The molecule has 16 heavy (non-hydrogen) atoms. The smallest absolute Gasteiger partial charge is 0.263 e. The van der Waals surface area contributed by atoms with E-state index >= 15 is 0 Å². The lowest BCUT2D eigenvalue weighted by atomic mass is 10.2. The molecule has 2 N–H and O–H groups in total. The maximum atomic E-state index is 11.3. The summed E-state index contributed by atoms with van der Waals surface area (Å²) in [7, 11) is 0. The fourth-order valence-corrected chi connectivity index (χ4v) is 1.18. The fraction of sp³-hybridized carbons (Fsp3) is 0. The molecule has 0 unspecified atom stereocenters. The first kappa shape index (κ1) is 9.99. The summed E-state index contributed by atoms with van der Waals surface area (Å²) in [5.41, 5.74) is 0.394. The number of rotatable bonds is 0. The Kier molecular flexibility index (Phi) is 2.70. The number of H-pyrrole nitrogens is 2. The summed E-state index contributed by atoms with van der Waals surface area (Å²) in [6.07, 6.45) is 1.54. The van der Waals surface area contributed by atoms with Crippen molar-refractivity contribution in [1.29, 1.82) is 0 Å². The van der Waals surface area contributed by atoms with E-state index < -0.39 is 0 Å². The van der Waals surface area contributed by atoms with E-state index in [0.29, 0.717) is 11.3 Å². The van der Waals surface area contributed by atoms with Crippen LogP contribution in [0.4, 0.5) is 0 Å². The molecule has 4 heteroatoms.